The topological polar surface area (TPSA) is 123 Å². The summed E-state index contributed by atoms with van der Waals surface area (Å²) in [6, 6.07) is 16.6. The number of aromatic hydroxyl groups is 1. The third-order valence-electron chi connectivity index (χ3n) is 8.50. The molecular weight excluding hydrogens is 588 g/mol. The number of halogens is 1. The third-order valence-corrected chi connectivity index (χ3v) is 8.83. The molecule has 8 nitrogen and oxygen atoms in total. The van der Waals surface area contributed by atoms with Crippen LogP contribution in [0, 0.1) is 11.3 Å². The summed E-state index contributed by atoms with van der Waals surface area (Å²) in [7, 11) is 0. The standard InChI is InChI=1S/C36H45ClN4O4/c1-8-11-12-32(45-31-18-13-24(35(4,5)9-2)20-27(31)36(6,7)10-3)33(43)39-26-15-17-29(30(42)21-26)41-34(44)40-25-14-16-28(37)23(19-25)22-38/h13-21,32,42H,8-12H2,1-7H3,(H,39,43)(H2,40,41,44)/t32-/m0/s1. The number of hydrogen-bond acceptors (Lipinski definition) is 5. The lowest BCUT2D eigenvalue weighted by atomic mass is 9.76. The number of hydrogen-bond donors (Lipinski definition) is 4. The minimum absolute atomic E-state index is 0.0105. The first-order valence-corrected chi connectivity index (χ1v) is 15.9. The van der Waals surface area contributed by atoms with Crippen molar-refractivity contribution in [3.8, 4) is 17.6 Å². The van der Waals surface area contributed by atoms with E-state index in [1.807, 2.05) is 12.1 Å². The number of nitrogens with zero attached hydrogens (tertiary/aromatic N) is 1. The van der Waals surface area contributed by atoms with Gasteiger partial charge in [0.2, 0.25) is 0 Å². The van der Waals surface area contributed by atoms with E-state index < -0.39 is 12.1 Å². The van der Waals surface area contributed by atoms with Crippen molar-refractivity contribution in [2.24, 2.45) is 0 Å². The summed E-state index contributed by atoms with van der Waals surface area (Å²) in [6.45, 7) is 15.3. The molecule has 3 rings (SSSR count). The van der Waals surface area contributed by atoms with Crippen molar-refractivity contribution >= 4 is 40.6 Å². The molecule has 240 valence electrons. The van der Waals surface area contributed by atoms with Crippen LogP contribution >= 0.6 is 11.6 Å². The van der Waals surface area contributed by atoms with E-state index in [-0.39, 0.29) is 38.8 Å². The van der Waals surface area contributed by atoms with Gasteiger partial charge in [-0.15, -0.1) is 0 Å². The Labute approximate surface area is 272 Å². The van der Waals surface area contributed by atoms with Gasteiger partial charge in [0.05, 0.1) is 16.3 Å². The number of phenolic OH excluding ortho intramolecular Hbond substituents is 1. The van der Waals surface area contributed by atoms with Gasteiger partial charge >= 0.3 is 6.03 Å². The molecule has 0 aliphatic heterocycles. The van der Waals surface area contributed by atoms with Crippen LogP contribution in [0.1, 0.15) is 97.3 Å². The number of benzene rings is 3. The van der Waals surface area contributed by atoms with Crippen LogP contribution in [0.15, 0.2) is 54.6 Å². The van der Waals surface area contributed by atoms with Crippen LogP contribution in [0.4, 0.5) is 21.9 Å². The Kier molecular flexibility index (Phi) is 11.9. The lowest BCUT2D eigenvalue weighted by molar-refractivity contribution is -0.123. The molecule has 0 aliphatic rings. The molecule has 3 amide bonds. The van der Waals surface area contributed by atoms with Crippen molar-refractivity contribution in [1.82, 2.24) is 0 Å². The first kappa shape index (κ1) is 35.3. The molecule has 0 unspecified atom stereocenters. The number of amides is 3. The zero-order chi connectivity index (χ0) is 33.4. The Morgan fingerprint density at radius 2 is 1.58 bits per heavy atom. The second kappa shape index (κ2) is 15.2. The quantitative estimate of drug-likeness (QED) is 0.140. The van der Waals surface area contributed by atoms with Crippen LogP contribution < -0.4 is 20.7 Å². The van der Waals surface area contributed by atoms with Gasteiger partial charge in [-0.3, -0.25) is 4.79 Å². The number of carbonyl (C=O) groups is 2. The zero-order valence-electron chi connectivity index (χ0n) is 27.3. The van der Waals surface area contributed by atoms with E-state index in [9.17, 15) is 14.7 Å². The molecule has 3 aromatic carbocycles. The average molecular weight is 633 g/mol. The Morgan fingerprint density at radius 1 is 0.911 bits per heavy atom. The van der Waals surface area contributed by atoms with Crippen LogP contribution in [0.2, 0.25) is 5.02 Å². The Hall–Kier alpha value is -4.22. The molecule has 0 radical (unpaired) electrons. The number of anilines is 3. The molecule has 0 saturated carbocycles. The van der Waals surface area contributed by atoms with Crippen LogP contribution in [-0.2, 0) is 15.6 Å². The highest BCUT2D eigenvalue weighted by atomic mass is 35.5. The van der Waals surface area contributed by atoms with Gasteiger partial charge in [-0.05, 0) is 78.5 Å². The van der Waals surface area contributed by atoms with Gasteiger partial charge in [-0.1, -0.05) is 78.6 Å². The zero-order valence-corrected chi connectivity index (χ0v) is 28.1. The maximum atomic E-state index is 13.5. The van der Waals surface area contributed by atoms with Crippen molar-refractivity contribution in [2.75, 3.05) is 16.0 Å². The van der Waals surface area contributed by atoms with Crippen LogP contribution in [0.25, 0.3) is 0 Å². The summed E-state index contributed by atoms with van der Waals surface area (Å²) in [4.78, 5) is 26.1. The molecule has 9 heteroatoms. The Morgan fingerprint density at radius 3 is 2.20 bits per heavy atom. The second-order valence-corrected chi connectivity index (χ2v) is 12.9. The molecule has 1 atom stereocenters. The first-order valence-electron chi connectivity index (χ1n) is 15.5. The molecular formula is C36H45ClN4O4. The summed E-state index contributed by atoms with van der Waals surface area (Å²) < 4.78 is 6.49. The minimum Gasteiger partial charge on any atom is -0.506 e. The average Bonchev–Trinajstić information content (AvgIpc) is 3.01. The minimum atomic E-state index is -0.746. The monoisotopic (exact) mass is 632 g/mol. The molecule has 0 heterocycles. The van der Waals surface area contributed by atoms with E-state index >= 15 is 0 Å². The van der Waals surface area contributed by atoms with Crippen molar-refractivity contribution in [1.29, 1.82) is 5.26 Å². The SMILES string of the molecule is CCCC[C@H](Oc1ccc(C(C)(C)CC)cc1C(C)(C)CC)C(=O)Nc1ccc(NC(=O)Nc2ccc(Cl)c(C#N)c2)c(O)c1. The van der Waals surface area contributed by atoms with E-state index in [1.54, 1.807) is 12.1 Å². The van der Waals surface area contributed by atoms with Crippen molar-refractivity contribution in [3.05, 3.63) is 76.3 Å². The summed E-state index contributed by atoms with van der Waals surface area (Å²) in [5.74, 6) is 0.143. The van der Waals surface area contributed by atoms with Crippen molar-refractivity contribution in [2.45, 2.75) is 97.5 Å². The maximum Gasteiger partial charge on any atom is 0.323 e. The summed E-state index contributed by atoms with van der Waals surface area (Å²) in [6.07, 6.45) is 3.39. The number of unbranched alkanes of at least 4 members (excludes halogenated alkanes) is 1. The van der Waals surface area contributed by atoms with Crippen molar-refractivity contribution < 1.29 is 19.4 Å². The fraction of sp³-hybridized carbons (Fsp3) is 0.417. The number of phenols is 1. The smallest absolute Gasteiger partial charge is 0.323 e. The maximum absolute atomic E-state index is 13.5. The number of carbonyl (C=O) groups excluding carboxylic acids is 2. The highest BCUT2D eigenvalue weighted by Crippen LogP contribution is 2.39. The first-order chi connectivity index (χ1) is 21.2. The summed E-state index contributed by atoms with van der Waals surface area (Å²) in [5.41, 5.74) is 3.25. The third kappa shape index (κ3) is 9.15. The molecule has 0 fully saturated rings. The molecule has 45 heavy (non-hydrogen) atoms. The highest BCUT2D eigenvalue weighted by Gasteiger charge is 2.29. The van der Waals surface area contributed by atoms with Gasteiger partial charge in [-0.25, -0.2) is 4.79 Å². The lowest BCUT2D eigenvalue weighted by Crippen LogP contribution is -2.34. The van der Waals surface area contributed by atoms with E-state index in [0.29, 0.717) is 23.5 Å². The van der Waals surface area contributed by atoms with Crippen LogP contribution in [-0.4, -0.2) is 23.1 Å². The van der Waals surface area contributed by atoms with Crippen LogP contribution in [0.3, 0.4) is 0 Å². The lowest BCUT2D eigenvalue weighted by Gasteiger charge is -2.31. The van der Waals surface area contributed by atoms with Crippen LogP contribution in [0.5, 0.6) is 11.5 Å². The van der Waals surface area contributed by atoms with Gasteiger partial charge in [0.15, 0.2) is 6.10 Å². The van der Waals surface area contributed by atoms with Gasteiger partial charge in [0.1, 0.15) is 17.6 Å². The summed E-state index contributed by atoms with van der Waals surface area (Å²) in [5, 5.41) is 28.1. The van der Waals surface area contributed by atoms with Crippen molar-refractivity contribution in [3.63, 3.8) is 0 Å². The van der Waals surface area contributed by atoms with E-state index in [1.165, 1.54) is 29.8 Å². The Bertz CT molecular complexity index is 1560. The largest absolute Gasteiger partial charge is 0.506 e. The molecule has 0 spiro atoms. The predicted octanol–water partition coefficient (Wildman–Crippen LogP) is 9.51. The highest BCUT2D eigenvalue weighted by molar-refractivity contribution is 6.31. The fourth-order valence-corrected chi connectivity index (χ4v) is 4.83. The van der Waals surface area contributed by atoms with E-state index in [4.69, 9.17) is 21.6 Å². The molecule has 3 aromatic rings. The number of rotatable bonds is 13. The summed E-state index contributed by atoms with van der Waals surface area (Å²) >= 11 is 5.95. The Balaban J connectivity index is 1.78. The van der Waals surface area contributed by atoms with Gasteiger partial charge in [0.25, 0.3) is 5.91 Å². The predicted molar refractivity (Wildman–Crippen MR) is 183 cm³/mol. The number of ether oxygens (including phenoxy) is 1. The normalized spacial score (nSPS) is 12.2. The molecule has 4 N–H and O–H groups in total. The van der Waals surface area contributed by atoms with Gasteiger partial charge < -0.3 is 25.8 Å². The van der Waals surface area contributed by atoms with Gasteiger partial charge in [0, 0.05) is 23.0 Å². The fourth-order valence-electron chi connectivity index (χ4n) is 4.67. The number of urea groups is 1. The van der Waals surface area contributed by atoms with E-state index in [2.05, 4.69) is 76.5 Å². The molecule has 0 saturated heterocycles. The number of nitrogens with one attached hydrogen (secondary N) is 3. The molecule has 0 aromatic heterocycles. The molecule has 0 bridgehead atoms. The number of nitriles is 1. The molecule has 0 aliphatic carbocycles. The van der Waals surface area contributed by atoms with E-state index in [0.717, 1.165) is 31.2 Å². The second-order valence-electron chi connectivity index (χ2n) is 12.5. The van der Waals surface area contributed by atoms with Gasteiger partial charge in [-0.2, -0.15) is 5.26 Å².